The van der Waals surface area contributed by atoms with Crippen molar-refractivity contribution in [1.82, 2.24) is 10.3 Å². The monoisotopic (exact) mass is 220 g/mol. The molecule has 2 nitrogen and oxygen atoms in total. The molecule has 0 bridgehead atoms. The van der Waals surface area contributed by atoms with Crippen molar-refractivity contribution in [3.8, 4) is 0 Å². The van der Waals surface area contributed by atoms with Crippen LogP contribution in [0.3, 0.4) is 0 Å². The predicted octanol–water partition coefficient (Wildman–Crippen LogP) is 3.04. The molecular formula is C14H24N2. The number of hydrogen-bond acceptors (Lipinski definition) is 2. The summed E-state index contributed by atoms with van der Waals surface area (Å²) in [6.07, 6.45) is 4.10. The van der Waals surface area contributed by atoms with Crippen LogP contribution in [0.25, 0.3) is 0 Å². The van der Waals surface area contributed by atoms with E-state index in [0.29, 0.717) is 11.5 Å². The van der Waals surface area contributed by atoms with E-state index in [9.17, 15) is 0 Å². The third kappa shape index (κ3) is 4.75. The molecule has 1 unspecified atom stereocenters. The van der Waals surface area contributed by atoms with Crippen molar-refractivity contribution in [1.29, 1.82) is 0 Å². The van der Waals surface area contributed by atoms with Crippen LogP contribution in [-0.2, 0) is 6.42 Å². The van der Waals surface area contributed by atoms with Gasteiger partial charge in [-0.3, -0.25) is 4.98 Å². The molecule has 1 N–H and O–H groups in total. The van der Waals surface area contributed by atoms with E-state index in [0.717, 1.165) is 13.0 Å². The zero-order chi connectivity index (χ0) is 12.0. The Morgan fingerprint density at radius 2 is 2.12 bits per heavy atom. The Kier molecular flexibility index (Phi) is 4.94. The Balaban J connectivity index is 2.51. The first-order valence-electron chi connectivity index (χ1n) is 6.17. The molecule has 1 aromatic heterocycles. The molecule has 0 radical (unpaired) electrons. The van der Waals surface area contributed by atoms with Crippen LogP contribution in [0, 0.1) is 5.41 Å². The number of aromatic nitrogens is 1. The van der Waals surface area contributed by atoms with E-state index in [1.807, 2.05) is 12.3 Å². The van der Waals surface area contributed by atoms with Gasteiger partial charge in [0.05, 0.1) is 0 Å². The van der Waals surface area contributed by atoms with Gasteiger partial charge in [0.2, 0.25) is 0 Å². The van der Waals surface area contributed by atoms with Crippen molar-refractivity contribution in [2.24, 2.45) is 5.41 Å². The fraction of sp³-hybridized carbons (Fsp3) is 0.643. The van der Waals surface area contributed by atoms with E-state index in [1.54, 1.807) is 0 Å². The van der Waals surface area contributed by atoms with Gasteiger partial charge in [-0.25, -0.2) is 0 Å². The van der Waals surface area contributed by atoms with E-state index in [2.05, 4.69) is 50.1 Å². The molecule has 1 rings (SSSR count). The summed E-state index contributed by atoms with van der Waals surface area (Å²) in [4.78, 5) is 4.40. The Labute approximate surface area is 99.5 Å². The lowest BCUT2D eigenvalue weighted by Gasteiger charge is -2.28. The molecule has 16 heavy (non-hydrogen) atoms. The van der Waals surface area contributed by atoms with Gasteiger partial charge in [-0.05, 0) is 43.9 Å². The Hall–Kier alpha value is -0.890. The van der Waals surface area contributed by atoms with Crippen molar-refractivity contribution in [2.75, 3.05) is 6.54 Å². The van der Waals surface area contributed by atoms with E-state index in [-0.39, 0.29) is 0 Å². The molecule has 0 aliphatic rings. The van der Waals surface area contributed by atoms with E-state index in [1.165, 1.54) is 12.1 Å². The summed E-state index contributed by atoms with van der Waals surface area (Å²) in [5.74, 6) is 0. The van der Waals surface area contributed by atoms with Crippen molar-refractivity contribution in [3.63, 3.8) is 0 Å². The Morgan fingerprint density at radius 3 is 2.69 bits per heavy atom. The van der Waals surface area contributed by atoms with Gasteiger partial charge in [0.25, 0.3) is 0 Å². The fourth-order valence-electron chi connectivity index (χ4n) is 2.31. The third-order valence-electron chi connectivity index (χ3n) is 2.80. The van der Waals surface area contributed by atoms with Gasteiger partial charge < -0.3 is 5.32 Å². The van der Waals surface area contributed by atoms with Gasteiger partial charge in [-0.15, -0.1) is 0 Å². The molecule has 0 aliphatic carbocycles. The molecule has 1 heterocycles. The number of hydrogen-bond donors (Lipinski definition) is 1. The van der Waals surface area contributed by atoms with E-state index < -0.39 is 0 Å². The first-order chi connectivity index (χ1) is 7.53. The molecule has 2 heteroatoms. The summed E-state index contributed by atoms with van der Waals surface area (Å²) >= 11 is 0. The molecule has 0 saturated heterocycles. The van der Waals surface area contributed by atoms with Gasteiger partial charge >= 0.3 is 0 Å². The lowest BCUT2D eigenvalue weighted by Crippen LogP contribution is -2.32. The highest BCUT2D eigenvalue weighted by Gasteiger charge is 2.21. The Bertz CT molecular complexity index is 293. The highest BCUT2D eigenvalue weighted by Crippen LogP contribution is 2.26. The SMILES string of the molecule is CCNC(C)CC(C)(C)Cc1ccccn1. The van der Waals surface area contributed by atoms with Crippen LogP contribution in [0.4, 0.5) is 0 Å². The minimum atomic E-state index is 0.302. The van der Waals surface area contributed by atoms with Crippen molar-refractivity contribution in [3.05, 3.63) is 30.1 Å². The highest BCUT2D eigenvalue weighted by atomic mass is 14.9. The molecule has 0 fully saturated rings. The van der Waals surface area contributed by atoms with Gasteiger partial charge in [0.1, 0.15) is 0 Å². The molecule has 0 saturated carbocycles. The van der Waals surface area contributed by atoms with Crippen LogP contribution in [0.5, 0.6) is 0 Å². The second kappa shape index (κ2) is 6.00. The van der Waals surface area contributed by atoms with Gasteiger partial charge in [-0.2, -0.15) is 0 Å². The number of rotatable bonds is 6. The van der Waals surface area contributed by atoms with Crippen LogP contribution in [-0.4, -0.2) is 17.6 Å². The summed E-state index contributed by atoms with van der Waals surface area (Å²) in [6.45, 7) is 10.1. The van der Waals surface area contributed by atoms with Crippen LogP contribution in [0.15, 0.2) is 24.4 Å². The topological polar surface area (TPSA) is 24.9 Å². The van der Waals surface area contributed by atoms with E-state index >= 15 is 0 Å². The number of pyridine rings is 1. The van der Waals surface area contributed by atoms with Crippen molar-refractivity contribution in [2.45, 2.75) is 46.6 Å². The maximum Gasteiger partial charge on any atom is 0.0408 e. The summed E-state index contributed by atoms with van der Waals surface area (Å²) in [5.41, 5.74) is 1.49. The first-order valence-corrected chi connectivity index (χ1v) is 6.17. The number of nitrogens with one attached hydrogen (secondary N) is 1. The molecular weight excluding hydrogens is 196 g/mol. The normalized spacial score (nSPS) is 13.8. The molecule has 0 aliphatic heterocycles. The zero-order valence-electron chi connectivity index (χ0n) is 11.0. The highest BCUT2D eigenvalue weighted by molar-refractivity contribution is 5.05. The lowest BCUT2D eigenvalue weighted by atomic mass is 9.81. The summed E-state index contributed by atoms with van der Waals surface area (Å²) in [7, 11) is 0. The minimum Gasteiger partial charge on any atom is -0.315 e. The zero-order valence-corrected chi connectivity index (χ0v) is 11.0. The summed E-state index contributed by atoms with van der Waals surface area (Å²) in [5, 5.41) is 3.47. The van der Waals surface area contributed by atoms with E-state index in [4.69, 9.17) is 0 Å². The summed E-state index contributed by atoms with van der Waals surface area (Å²) < 4.78 is 0. The second-order valence-corrected chi connectivity index (χ2v) is 5.32. The average molecular weight is 220 g/mol. The maximum atomic E-state index is 4.40. The quantitative estimate of drug-likeness (QED) is 0.797. The van der Waals surface area contributed by atoms with Crippen LogP contribution < -0.4 is 5.32 Å². The van der Waals surface area contributed by atoms with Crippen molar-refractivity contribution < 1.29 is 0 Å². The number of nitrogens with zero attached hydrogens (tertiary/aromatic N) is 1. The first kappa shape index (κ1) is 13.2. The standard InChI is InChI=1S/C14H24N2/c1-5-15-12(2)10-14(3,4)11-13-8-6-7-9-16-13/h6-9,12,15H,5,10-11H2,1-4H3. The largest absolute Gasteiger partial charge is 0.315 e. The third-order valence-corrected chi connectivity index (χ3v) is 2.80. The van der Waals surface area contributed by atoms with Gasteiger partial charge in [-0.1, -0.05) is 26.8 Å². The fourth-order valence-corrected chi connectivity index (χ4v) is 2.31. The molecule has 1 atom stereocenters. The second-order valence-electron chi connectivity index (χ2n) is 5.32. The van der Waals surface area contributed by atoms with Crippen LogP contribution in [0.1, 0.15) is 39.8 Å². The predicted molar refractivity (Wildman–Crippen MR) is 69.5 cm³/mol. The average Bonchev–Trinajstić information content (AvgIpc) is 2.17. The summed E-state index contributed by atoms with van der Waals surface area (Å²) in [6, 6.07) is 6.72. The van der Waals surface area contributed by atoms with Crippen molar-refractivity contribution >= 4 is 0 Å². The lowest BCUT2D eigenvalue weighted by molar-refractivity contribution is 0.286. The maximum absolute atomic E-state index is 4.40. The molecule has 0 spiro atoms. The smallest absolute Gasteiger partial charge is 0.0408 e. The molecule has 1 aromatic rings. The van der Waals surface area contributed by atoms with Gasteiger partial charge in [0.15, 0.2) is 0 Å². The molecule has 0 aromatic carbocycles. The van der Waals surface area contributed by atoms with Crippen LogP contribution >= 0.6 is 0 Å². The molecule has 0 amide bonds. The molecule has 90 valence electrons. The van der Waals surface area contributed by atoms with Gasteiger partial charge in [0, 0.05) is 17.9 Å². The minimum absolute atomic E-state index is 0.302. The Morgan fingerprint density at radius 1 is 1.38 bits per heavy atom. The van der Waals surface area contributed by atoms with Crippen LogP contribution in [0.2, 0.25) is 0 Å².